The Bertz CT molecular complexity index is 926. The van der Waals surface area contributed by atoms with E-state index < -0.39 is 12.0 Å². The van der Waals surface area contributed by atoms with Gasteiger partial charge in [0.25, 0.3) is 5.91 Å². The Morgan fingerprint density at radius 2 is 2.00 bits per heavy atom. The van der Waals surface area contributed by atoms with E-state index in [1.807, 2.05) is 17.5 Å². The fraction of sp³-hybridized carbons (Fsp3) is 0.211. The first-order valence-corrected chi connectivity index (χ1v) is 10.0. The number of nitrogens with one attached hydrogen (secondary N) is 1. The van der Waals surface area contributed by atoms with E-state index in [4.69, 9.17) is 9.47 Å². The van der Waals surface area contributed by atoms with Gasteiger partial charge in [0.15, 0.2) is 0 Å². The summed E-state index contributed by atoms with van der Waals surface area (Å²) in [6.45, 7) is 0.167. The molecule has 1 amide bonds. The van der Waals surface area contributed by atoms with Crippen molar-refractivity contribution >= 4 is 34.6 Å². The van der Waals surface area contributed by atoms with Crippen LogP contribution in [0.25, 0.3) is 0 Å². The summed E-state index contributed by atoms with van der Waals surface area (Å²) in [5.74, 6) is -0.622. The maximum absolute atomic E-state index is 12.9. The lowest BCUT2D eigenvalue weighted by Crippen LogP contribution is -2.30. The van der Waals surface area contributed by atoms with Gasteiger partial charge in [0, 0.05) is 10.3 Å². The van der Waals surface area contributed by atoms with E-state index in [1.54, 1.807) is 5.38 Å². The maximum atomic E-state index is 12.9. The van der Waals surface area contributed by atoms with Crippen molar-refractivity contribution in [3.8, 4) is 5.75 Å². The van der Waals surface area contributed by atoms with Crippen molar-refractivity contribution in [1.82, 2.24) is 10.3 Å². The third kappa shape index (κ3) is 5.37. The van der Waals surface area contributed by atoms with Crippen LogP contribution in [0.4, 0.5) is 4.39 Å². The zero-order valence-electron chi connectivity index (χ0n) is 14.9. The van der Waals surface area contributed by atoms with E-state index in [-0.39, 0.29) is 30.4 Å². The van der Waals surface area contributed by atoms with E-state index >= 15 is 0 Å². The number of halogens is 1. The van der Waals surface area contributed by atoms with Crippen LogP contribution in [-0.4, -0.2) is 24.0 Å². The summed E-state index contributed by atoms with van der Waals surface area (Å²) < 4.78 is 23.2. The Morgan fingerprint density at radius 1 is 1.21 bits per heavy atom. The second-order valence-corrected chi connectivity index (χ2v) is 7.61. The first-order chi connectivity index (χ1) is 13.5. The average Bonchev–Trinajstić information content (AvgIpc) is 3.39. The number of hydrogen-bond donors (Lipinski definition) is 1. The molecule has 3 aromatic rings. The minimum Gasteiger partial charge on any atom is -0.486 e. The summed E-state index contributed by atoms with van der Waals surface area (Å²) in [6.07, 6.45) is 0.0351. The number of benzene rings is 1. The van der Waals surface area contributed by atoms with E-state index in [2.05, 4.69) is 10.3 Å². The molecule has 0 aliphatic heterocycles. The van der Waals surface area contributed by atoms with Gasteiger partial charge in [-0.1, -0.05) is 6.07 Å². The highest BCUT2D eigenvalue weighted by Gasteiger charge is 2.22. The zero-order chi connectivity index (χ0) is 19.9. The summed E-state index contributed by atoms with van der Waals surface area (Å²) >= 11 is 2.73. The molecule has 1 atom stereocenters. The van der Waals surface area contributed by atoms with Crippen LogP contribution in [0.3, 0.4) is 0 Å². The molecule has 0 saturated heterocycles. The van der Waals surface area contributed by atoms with Crippen molar-refractivity contribution in [3.63, 3.8) is 0 Å². The van der Waals surface area contributed by atoms with Crippen molar-refractivity contribution in [2.75, 3.05) is 7.11 Å². The Hall–Kier alpha value is -2.78. The highest BCUT2D eigenvalue weighted by atomic mass is 32.1. The summed E-state index contributed by atoms with van der Waals surface area (Å²) in [5, 5.41) is 6.94. The number of thiazole rings is 1. The Morgan fingerprint density at radius 3 is 2.68 bits per heavy atom. The van der Waals surface area contributed by atoms with Crippen LogP contribution < -0.4 is 10.1 Å². The lowest BCUT2D eigenvalue weighted by Gasteiger charge is -2.15. The van der Waals surface area contributed by atoms with Crippen LogP contribution in [0.1, 0.15) is 32.8 Å². The number of carbonyl (C=O) groups excluding carboxylic acids is 2. The highest BCUT2D eigenvalue weighted by molar-refractivity contribution is 7.10. The van der Waals surface area contributed by atoms with Gasteiger partial charge >= 0.3 is 5.97 Å². The van der Waals surface area contributed by atoms with Crippen molar-refractivity contribution in [2.24, 2.45) is 0 Å². The molecule has 9 heteroatoms. The summed E-state index contributed by atoms with van der Waals surface area (Å²) in [5.41, 5.74) is 0.245. The van der Waals surface area contributed by atoms with Gasteiger partial charge in [-0.05, 0) is 35.7 Å². The second-order valence-electron chi connectivity index (χ2n) is 5.69. The van der Waals surface area contributed by atoms with Crippen LogP contribution in [0.2, 0.25) is 0 Å². The molecule has 0 fully saturated rings. The van der Waals surface area contributed by atoms with Gasteiger partial charge < -0.3 is 14.8 Å². The van der Waals surface area contributed by atoms with Gasteiger partial charge in [0.05, 0.1) is 19.6 Å². The Balaban J connectivity index is 1.61. The lowest BCUT2D eigenvalue weighted by molar-refractivity contribution is -0.141. The van der Waals surface area contributed by atoms with Crippen molar-refractivity contribution in [2.45, 2.75) is 19.1 Å². The quantitative estimate of drug-likeness (QED) is 0.558. The number of rotatable bonds is 8. The summed E-state index contributed by atoms with van der Waals surface area (Å²) in [6, 6.07) is 8.88. The monoisotopic (exact) mass is 420 g/mol. The molecule has 0 saturated carbocycles. The van der Waals surface area contributed by atoms with Crippen LogP contribution >= 0.6 is 22.7 Å². The van der Waals surface area contributed by atoms with Crippen LogP contribution in [-0.2, 0) is 16.1 Å². The molecule has 0 bridgehead atoms. The average molecular weight is 420 g/mol. The Labute approximate surface area is 169 Å². The molecule has 28 heavy (non-hydrogen) atoms. The molecule has 6 nitrogen and oxygen atoms in total. The lowest BCUT2D eigenvalue weighted by atomic mass is 10.1. The number of aromatic nitrogens is 1. The number of esters is 1. The van der Waals surface area contributed by atoms with E-state index in [9.17, 15) is 14.0 Å². The smallest absolute Gasteiger partial charge is 0.307 e. The third-order valence-corrected chi connectivity index (χ3v) is 5.56. The maximum Gasteiger partial charge on any atom is 0.307 e. The van der Waals surface area contributed by atoms with Crippen molar-refractivity contribution in [1.29, 1.82) is 0 Å². The molecule has 0 spiro atoms. The van der Waals surface area contributed by atoms with E-state index in [0.717, 1.165) is 4.88 Å². The topological polar surface area (TPSA) is 77.5 Å². The molecule has 0 unspecified atom stereocenters. The molecular weight excluding hydrogens is 403 g/mol. The highest BCUT2D eigenvalue weighted by Crippen LogP contribution is 2.23. The van der Waals surface area contributed by atoms with Crippen LogP contribution in [0.5, 0.6) is 5.75 Å². The first kappa shape index (κ1) is 20.0. The normalized spacial score (nSPS) is 11.6. The fourth-order valence-electron chi connectivity index (χ4n) is 2.35. The largest absolute Gasteiger partial charge is 0.486 e. The number of nitrogens with zero attached hydrogens (tertiary/aromatic N) is 1. The van der Waals surface area contributed by atoms with Crippen LogP contribution in [0.15, 0.2) is 47.2 Å². The zero-order valence-corrected chi connectivity index (χ0v) is 16.5. The molecule has 2 aromatic heterocycles. The third-order valence-electron chi connectivity index (χ3n) is 3.75. The van der Waals surface area contributed by atoms with Crippen molar-refractivity contribution in [3.05, 3.63) is 68.6 Å². The standard InChI is InChI=1S/C19H17FN2O4S2/c1-25-18(23)9-14(16-3-2-8-27-16)22-19(24)15-11-28-17(21-15)10-26-13-6-4-12(20)5-7-13/h2-8,11,14H,9-10H2,1H3,(H,22,24)/t14-/m1/s1. The molecular formula is C19H17FN2O4S2. The van der Waals surface area contributed by atoms with Crippen LogP contribution in [0, 0.1) is 5.82 Å². The fourth-order valence-corrected chi connectivity index (χ4v) is 3.82. The van der Waals surface area contributed by atoms with Gasteiger partial charge in [0.1, 0.15) is 28.9 Å². The SMILES string of the molecule is COC(=O)C[C@@H](NC(=O)c1csc(COc2ccc(F)cc2)n1)c1cccs1. The van der Waals surface area contributed by atoms with Crippen molar-refractivity contribution < 1.29 is 23.5 Å². The predicted molar refractivity (Wildman–Crippen MR) is 104 cm³/mol. The molecule has 146 valence electrons. The van der Waals surface area contributed by atoms with Gasteiger partial charge in [-0.15, -0.1) is 22.7 Å². The molecule has 3 rings (SSSR count). The number of thiophene rings is 1. The van der Waals surface area contributed by atoms with Gasteiger partial charge in [-0.25, -0.2) is 9.37 Å². The molecule has 1 N–H and O–H groups in total. The van der Waals surface area contributed by atoms with E-state index in [1.165, 1.54) is 54.0 Å². The number of amides is 1. The molecule has 0 aliphatic carbocycles. The van der Waals surface area contributed by atoms with Gasteiger partial charge in [-0.3, -0.25) is 9.59 Å². The van der Waals surface area contributed by atoms with Gasteiger partial charge in [-0.2, -0.15) is 0 Å². The number of ether oxygens (including phenoxy) is 2. The molecule has 0 aliphatic rings. The summed E-state index contributed by atoms with van der Waals surface area (Å²) in [7, 11) is 1.31. The first-order valence-electron chi connectivity index (χ1n) is 8.29. The number of methoxy groups -OCH3 is 1. The minimum absolute atomic E-state index is 0.0351. The Kier molecular flexibility index (Phi) is 6.72. The summed E-state index contributed by atoms with van der Waals surface area (Å²) in [4.78, 5) is 29.3. The number of carbonyl (C=O) groups is 2. The minimum atomic E-state index is -0.486. The molecule has 2 heterocycles. The molecule has 1 aromatic carbocycles. The van der Waals surface area contributed by atoms with Gasteiger partial charge in [0.2, 0.25) is 0 Å². The predicted octanol–water partition coefficient (Wildman–Crippen LogP) is 3.96. The van der Waals surface area contributed by atoms with E-state index in [0.29, 0.717) is 10.8 Å². The molecule has 0 radical (unpaired) electrons. The number of hydrogen-bond acceptors (Lipinski definition) is 7. The second kappa shape index (κ2) is 9.43.